The molecule has 3 nitrogen and oxygen atoms in total. The predicted molar refractivity (Wildman–Crippen MR) is 58.0 cm³/mol. The van der Waals surface area contributed by atoms with Gasteiger partial charge in [0.2, 0.25) is 0 Å². The van der Waals surface area contributed by atoms with Crippen LogP contribution in [0.15, 0.2) is 5.03 Å². The first-order chi connectivity index (χ1) is 7.11. The van der Waals surface area contributed by atoms with Crippen LogP contribution in [-0.4, -0.2) is 4.98 Å². The van der Waals surface area contributed by atoms with Gasteiger partial charge in [0, 0.05) is 12.1 Å². The van der Waals surface area contributed by atoms with Crippen molar-refractivity contribution in [2.75, 3.05) is 0 Å². The van der Waals surface area contributed by atoms with E-state index in [1.54, 1.807) is 0 Å². The number of nitriles is 2. The van der Waals surface area contributed by atoms with Crippen LogP contribution in [0.3, 0.4) is 0 Å². The van der Waals surface area contributed by atoms with Gasteiger partial charge in [-0.3, -0.25) is 4.98 Å². The van der Waals surface area contributed by atoms with Gasteiger partial charge in [-0.15, -0.1) is 0 Å². The van der Waals surface area contributed by atoms with Gasteiger partial charge in [-0.2, -0.15) is 10.5 Å². The number of aromatic nitrogens is 1. The van der Waals surface area contributed by atoms with Gasteiger partial charge in [-0.1, -0.05) is 5.03 Å². The summed E-state index contributed by atoms with van der Waals surface area (Å²) in [4.78, 5) is 4.14. The van der Waals surface area contributed by atoms with Crippen molar-refractivity contribution in [1.82, 2.24) is 4.98 Å². The van der Waals surface area contributed by atoms with E-state index in [1.165, 1.54) is 0 Å². The van der Waals surface area contributed by atoms with Crippen LogP contribution in [0.5, 0.6) is 0 Å². The molecule has 4 heteroatoms. The van der Waals surface area contributed by atoms with E-state index in [4.69, 9.17) is 23.2 Å². The van der Waals surface area contributed by atoms with Crippen molar-refractivity contribution < 1.29 is 0 Å². The van der Waals surface area contributed by atoms with Gasteiger partial charge >= 0.3 is 0 Å². The summed E-state index contributed by atoms with van der Waals surface area (Å²) in [6, 6.07) is 4.14. The SMILES string of the molecule is Cc1nc([S-])c(C#N)c(C)c1CCC#N. The van der Waals surface area contributed by atoms with Crippen LogP contribution in [0.4, 0.5) is 0 Å². The maximum atomic E-state index is 8.92. The average Bonchev–Trinajstić information content (AvgIpc) is 2.17. The van der Waals surface area contributed by atoms with E-state index in [9.17, 15) is 0 Å². The summed E-state index contributed by atoms with van der Waals surface area (Å²) in [6.45, 7) is 3.71. The number of rotatable bonds is 2. The monoisotopic (exact) mass is 216 g/mol. The first-order valence-corrected chi connectivity index (χ1v) is 4.96. The topological polar surface area (TPSA) is 60.5 Å². The van der Waals surface area contributed by atoms with Crippen molar-refractivity contribution in [2.24, 2.45) is 0 Å². The van der Waals surface area contributed by atoms with Gasteiger partial charge in [0.1, 0.15) is 0 Å². The lowest BCUT2D eigenvalue weighted by atomic mass is 10.00. The van der Waals surface area contributed by atoms with E-state index in [1.807, 2.05) is 13.8 Å². The van der Waals surface area contributed by atoms with Gasteiger partial charge in [0.25, 0.3) is 0 Å². The molecular formula is C11H10N3S-. The molecule has 1 rings (SSSR count). The maximum absolute atomic E-state index is 8.92. The first-order valence-electron chi connectivity index (χ1n) is 4.56. The summed E-state index contributed by atoms with van der Waals surface area (Å²) in [5, 5.41) is 17.8. The molecule has 0 radical (unpaired) electrons. The molecule has 1 heterocycles. The molecule has 0 fully saturated rings. The minimum Gasteiger partial charge on any atom is -0.759 e. The van der Waals surface area contributed by atoms with Gasteiger partial charge in [-0.05, 0) is 31.4 Å². The molecule has 0 unspecified atom stereocenters. The van der Waals surface area contributed by atoms with Crippen LogP contribution in [0.25, 0.3) is 0 Å². The summed E-state index contributed by atoms with van der Waals surface area (Å²) in [7, 11) is 0. The lowest BCUT2D eigenvalue weighted by molar-refractivity contribution is 0.916. The summed E-state index contributed by atoms with van der Waals surface area (Å²) >= 11 is 5.00. The Balaban J connectivity index is 3.29. The van der Waals surface area contributed by atoms with Crippen molar-refractivity contribution in [3.63, 3.8) is 0 Å². The largest absolute Gasteiger partial charge is 0.759 e. The molecule has 0 aliphatic carbocycles. The van der Waals surface area contributed by atoms with E-state index in [-0.39, 0.29) is 0 Å². The Morgan fingerprint density at radius 3 is 2.53 bits per heavy atom. The Hall–Kier alpha value is -1.65. The molecular weight excluding hydrogens is 206 g/mol. The van der Waals surface area contributed by atoms with Crippen LogP contribution >= 0.6 is 0 Å². The van der Waals surface area contributed by atoms with E-state index >= 15 is 0 Å². The zero-order valence-corrected chi connectivity index (χ0v) is 9.48. The van der Waals surface area contributed by atoms with Gasteiger partial charge in [-0.25, -0.2) is 0 Å². The van der Waals surface area contributed by atoms with E-state index in [0.717, 1.165) is 16.8 Å². The van der Waals surface area contributed by atoms with Crippen molar-refractivity contribution in [3.8, 4) is 12.1 Å². The lowest BCUT2D eigenvalue weighted by Gasteiger charge is -2.16. The third kappa shape index (κ3) is 2.23. The smallest absolute Gasteiger partial charge is 0.0994 e. The molecule has 0 aliphatic heterocycles. The average molecular weight is 216 g/mol. The molecule has 0 saturated heterocycles. The highest BCUT2D eigenvalue weighted by molar-refractivity contribution is 7.58. The third-order valence-electron chi connectivity index (χ3n) is 2.35. The molecule has 1 aromatic heterocycles. The highest BCUT2D eigenvalue weighted by Gasteiger charge is 2.08. The molecule has 1 aromatic rings. The number of aryl methyl sites for hydroxylation is 1. The summed E-state index contributed by atoms with van der Waals surface area (Å²) in [6.07, 6.45) is 1.07. The Morgan fingerprint density at radius 1 is 1.33 bits per heavy atom. The van der Waals surface area contributed by atoms with Crippen LogP contribution in [0.1, 0.15) is 28.8 Å². The molecule has 15 heavy (non-hydrogen) atoms. The summed E-state index contributed by atoms with van der Waals surface area (Å²) in [5.74, 6) is 0. The second kappa shape index (κ2) is 4.72. The summed E-state index contributed by atoms with van der Waals surface area (Å²) in [5.41, 5.74) is 3.13. The lowest BCUT2D eigenvalue weighted by Crippen LogP contribution is -2.02. The number of pyridine rings is 1. The van der Waals surface area contributed by atoms with Crippen LogP contribution in [-0.2, 0) is 19.0 Å². The minimum atomic E-state index is 0.355. The molecule has 0 atom stereocenters. The fourth-order valence-corrected chi connectivity index (χ4v) is 1.87. The fraction of sp³-hybridized carbons (Fsp3) is 0.364. The zero-order valence-electron chi connectivity index (χ0n) is 8.66. The Bertz CT molecular complexity index is 466. The van der Waals surface area contributed by atoms with Gasteiger partial charge in [0.05, 0.1) is 17.7 Å². The highest BCUT2D eigenvalue weighted by Crippen LogP contribution is 2.20. The zero-order chi connectivity index (χ0) is 11.4. The van der Waals surface area contributed by atoms with E-state index in [2.05, 4.69) is 17.1 Å². The number of hydrogen-bond acceptors (Lipinski definition) is 4. The van der Waals surface area contributed by atoms with Crippen LogP contribution in [0.2, 0.25) is 0 Å². The molecule has 0 saturated carbocycles. The van der Waals surface area contributed by atoms with E-state index < -0.39 is 0 Å². The van der Waals surface area contributed by atoms with Gasteiger partial charge in [0.15, 0.2) is 0 Å². The number of hydrogen-bond donors (Lipinski definition) is 0. The van der Waals surface area contributed by atoms with Gasteiger partial charge < -0.3 is 12.6 Å². The number of nitrogens with zero attached hydrogens (tertiary/aromatic N) is 3. The second-order valence-electron chi connectivity index (χ2n) is 3.25. The normalized spacial score (nSPS) is 9.33. The van der Waals surface area contributed by atoms with Crippen molar-refractivity contribution in [2.45, 2.75) is 31.7 Å². The molecule has 0 aromatic carbocycles. The molecule has 76 valence electrons. The molecule has 0 N–H and O–H groups in total. The van der Waals surface area contributed by atoms with Crippen LogP contribution < -0.4 is 0 Å². The Kier molecular flexibility index (Phi) is 3.60. The highest BCUT2D eigenvalue weighted by atomic mass is 32.1. The maximum Gasteiger partial charge on any atom is 0.0994 e. The molecule has 0 aliphatic rings. The van der Waals surface area contributed by atoms with Crippen molar-refractivity contribution >= 4 is 12.6 Å². The first kappa shape index (κ1) is 11.4. The predicted octanol–water partition coefficient (Wildman–Crippen LogP) is 1.93. The summed E-state index contributed by atoms with van der Waals surface area (Å²) < 4.78 is 0. The Morgan fingerprint density at radius 2 is 2.00 bits per heavy atom. The minimum absolute atomic E-state index is 0.355. The van der Waals surface area contributed by atoms with Crippen LogP contribution in [0, 0.1) is 36.5 Å². The second-order valence-corrected chi connectivity index (χ2v) is 3.64. The standard InChI is InChI=1S/C11H11N3S/c1-7-9(4-3-5-12)8(2)14-11(15)10(7)6-13/h3-4H2,1-2H3,(H,14,15)/p-1. The van der Waals surface area contributed by atoms with Crippen molar-refractivity contribution in [3.05, 3.63) is 22.4 Å². The fourth-order valence-electron chi connectivity index (χ4n) is 1.54. The Labute approximate surface area is 94.8 Å². The molecule has 0 bridgehead atoms. The quantitative estimate of drug-likeness (QED) is 0.709. The molecule has 0 spiro atoms. The van der Waals surface area contributed by atoms with E-state index in [0.29, 0.717) is 23.4 Å². The molecule has 0 amide bonds. The van der Waals surface area contributed by atoms with Crippen molar-refractivity contribution in [1.29, 1.82) is 10.5 Å². The third-order valence-corrected chi connectivity index (χ3v) is 2.64.